The van der Waals surface area contributed by atoms with Crippen molar-refractivity contribution in [2.45, 2.75) is 38.3 Å². The zero-order valence-corrected chi connectivity index (χ0v) is 10.1. The van der Waals surface area contributed by atoms with Crippen LogP contribution in [0.4, 0.5) is 0 Å². The van der Waals surface area contributed by atoms with Crippen LogP contribution in [0.3, 0.4) is 0 Å². The van der Waals surface area contributed by atoms with Crippen LogP contribution in [0.25, 0.3) is 0 Å². The quantitative estimate of drug-likeness (QED) is 0.662. The van der Waals surface area contributed by atoms with Crippen molar-refractivity contribution >= 4 is 5.91 Å². The highest BCUT2D eigenvalue weighted by Gasteiger charge is 2.70. The van der Waals surface area contributed by atoms with Crippen LogP contribution in [0.2, 0.25) is 0 Å². The van der Waals surface area contributed by atoms with E-state index in [1.165, 1.54) is 7.11 Å². The van der Waals surface area contributed by atoms with Gasteiger partial charge in [-0.3, -0.25) is 9.63 Å². The zero-order valence-electron chi connectivity index (χ0n) is 10.1. The molecule has 5 nitrogen and oxygen atoms in total. The first kappa shape index (κ1) is 11.8. The standard InChI is InChI=1S/C11H20N2O3/c1-10(2)8-7(5-4-6-16-8)11(10,12)9(14)13-15-3/h7-8H,4-6,12H2,1-3H3,(H,13,14). The molecule has 2 fully saturated rings. The molecule has 0 aromatic carbocycles. The Morgan fingerprint density at radius 3 is 2.88 bits per heavy atom. The first-order valence-electron chi connectivity index (χ1n) is 5.70. The highest BCUT2D eigenvalue weighted by molar-refractivity contribution is 5.88. The van der Waals surface area contributed by atoms with E-state index >= 15 is 0 Å². The van der Waals surface area contributed by atoms with Crippen LogP contribution >= 0.6 is 0 Å². The van der Waals surface area contributed by atoms with Gasteiger partial charge < -0.3 is 10.5 Å². The lowest BCUT2D eigenvalue weighted by atomic mass is 9.46. The third kappa shape index (κ3) is 1.25. The van der Waals surface area contributed by atoms with Crippen molar-refractivity contribution in [3.63, 3.8) is 0 Å². The summed E-state index contributed by atoms with van der Waals surface area (Å²) in [4.78, 5) is 16.7. The summed E-state index contributed by atoms with van der Waals surface area (Å²) in [7, 11) is 1.42. The van der Waals surface area contributed by atoms with Crippen LogP contribution in [0.1, 0.15) is 26.7 Å². The molecular weight excluding hydrogens is 208 g/mol. The molecule has 0 aromatic heterocycles. The summed E-state index contributed by atoms with van der Waals surface area (Å²) in [5.74, 6) is -0.141. The normalized spacial score (nSPS) is 40.8. The van der Waals surface area contributed by atoms with E-state index in [1.54, 1.807) is 0 Å². The summed E-state index contributed by atoms with van der Waals surface area (Å²) in [5.41, 5.74) is 7.42. The minimum Gasteiger partial charge on any atom is -0.377 e. The van der Waals surface area contributed by atoms with E-state index in [2.05, 4.69) is 10.3 Å². The van der Waals surface area contributed by atoms with Gasteiger partial charge in [-0.25, -0.2) is 5.48 Å². The number of hydrogen-bond donors (Lipinski definition) is 2. The maximum atomic E-state index is 12.0. The number of nitrogens with one attached hydrogen (secondary N) is 1. The van der Waals surface area contributed by atoms with Crippen molar-refractivity contribution in [3.8, 4) is 0 Å². The second kappa shape index (κ2) is 3.68. The molecule has 0 aromatic rings. The fraction of sp³-hybridized carbons (Fsp3) is 0.909. The largest absolute Gasteiger partial charge is 0.377 e. The molecule has 2 aliphatic rings. The van der Waals surface area contributed by atoms with Crippen LogP contribution in [0.5, 0.6) is 0 Å². The molecule has 1 aliphatic heterocycles. The molecule has 3 atom stereocenters. The Balaban J connectivity index is 2.22. The Hall–Kier alpha value is -0.650. The molecular formula is C11H20N2O3. The minimum absolute atomic E-state index is 0.0915. The van der Waals surface area contributed by atoms with Gasteiger partial charge in [-0.1, -0.05) is 13.8 Å². The summed E-state index contributed by atoms with van der Waals surface area (Å²) < 4.78 is 5.72. The Morgan fingerprint density at radius 2 is 2.25 bits per heavy atom. The summed E-state index contributed by atoms with van der Waals surface area (Å²) in [6.45, 7) is 4.73. The first-order valence-corrected chi connectivity index (χ1v) is 5.70. The second-order valence-corrected chi connectivity index (χ2v) is 5.27. The predicted molar refractivity (Wildman–Crippen MR) is 58.3 cm³/mol. The number of nitrogens with two attached hydrogens (primary N) is 1. The van der Waals surface area contributed by atoms with Gasteiger partial charge in [-0.2, -0.15) is 0 Å². The van der Waals surface area contributed by atoms with Gasteiger partial charge in [-0.05, 0) is 12.8 Å². The Labute approximate surface area is 95.6 Å². The van der Waals surface area contributed by atoms with Crippen molar-refractivity contribution < 1.29 is 14.4 Å². The molecule has 1 aliphatic carbocycles. The lowest BCUT2D eigenvalue weighted by Crippen LogP contribution is -2.82. The SMILES string of the molecule is CONC(=O)C1(N)C2CCCOC2C1(C)C. The molecule has 1 saturated heterocycles. The highest BCUT2D eigenvalue weighted by Crippen LogP contribution is 2.57. The van der Waals surface area contributed by atoms with Crippen molar-refractivity contribution in [2.24, 2.45) is 17.1 Å². The predicted octanol–water partition coefficient (Wildman–Crippen LogP) is 0.196. The second-order valence-electron chi connectivity index (χ2n) is 5.27. The van der Waals surface area contributed by atoms with Crippen LogP contribution < -0.4 is 11.2 Å². The minimum atomic E-state index is -0.881. The van der Waals surface area contributed by atoms with E-state index in [4.69, 9.17) is 10.5 Å². The van der Waals surface area contributed by atoms with Gasteiger partial charge in [0.1, 0.15) is 5.54 Å². The molecule has 1 heterocycles. The van der Waals surface area contributed by atoms with Crippen LogP contribution in [0.15, 0.2) is 0 Å². The molecule has 3 N–H and O–H groups in total. The topological polar surface area (TPSA) is 73.6 Å². The van der Waals surface area contributed by atoms with Gasteiger partial charge in [0.15, 0.2) is 0 Å². The molecule has 1 saturated carbocycles. The number of carbonyl (C=O) groups excluding carboxylic acids is 1. The van der Waals surface area contributed by atoms with Gasteiger partial charge in [-0.15, -0.1) is 0 Å². The first-order chi connectivity index (χ1) is 7.46. The molecule has 5 heteroatoms. The lowest BCUT2D eigenvalue weighted by Gasteiger charge is -2.64. The Kier molecular flexibility index (Phi) is 2.72. The number of hydrogen-bond acceptors (Lipinski definition) is 4. The summed E-state index contributed by atoms with van der Waals surface area (Å²) >= 11 is 0. The summed E-state index contributed by atoms with van der Waals surface area (Å²) in [6.07, 6.45) is 2.01. The van der Waals surface area contributed by atoms with Crippen LogP contribution in [0, 0.1) is 11.3 Å². The van der Waals surface area contributed by atoms with Gasteiger partial charge in [0.25, 0.3) is 5.91 Å². The Bertz CT molecular complexity index is 306. The van der Waals surface area contributed by atoms with E-state index < -0.39 is 5.54 Å². The van der Waals surface area contributed by atoms with Crippen LogP contribution in [-0.4, -0.2) is 31.3 Å². The van der Waals surface area contributed by atoms with Crippen molar-refractivity contribution in [1.29, 1.82) is 0 Å². The maximum absolute atomic E-state index is 12.0. The van der Waals surface area contributed by atoms with Crippen molar-refractivity contribution in [1.82, 2.24) is 5.48 Å². The third-order valence-corrected chi connectivity index (χ3v) is 4.26. The summed E-state index contributed by atoms with van der Waals surface area (Å²) in [6, 6.07) is 0. The smallest absolute Gasteiger partial charge is 0.264 e. The number of hydroxylamine groups is 1. The lowest BCUT2D eigenvalue weighted by molar-refractivity contribution is -0.229. The molecule has 16 heavy (non-hydrogen) atoms. The fourth-order valence-electron chi connectivity index (χ4n) is 3.21. The van der Waals surface area contributed by atoms with Gasteiger partial charge in [0.05, 0.1) is 13.2 Å². The highest BCUT2D eigenvalue weighted by atomic mass is 16.6. The van der Waals surface area contributed by atoms with E-state index in [0.29, 0.717) is 0 Å². The van der Waals surface area contributed by atoms with E-state index in [-0.39, 0.29) is 23.3 Å². The molecule has 2 rings (SSSR count). The number of rotatable bonds is 2. The van der Waals surface area contributed by atoms with Gasteiger partial charge in [0, 0.05) is 17.9 Å². The number of carbonyl (C=O) groups is 1. The molecule has 0 spiro atoms. The summed E-state index contributed by atoms with van der Waals surface area (Å²) in [5, 5.41) is 0. The number of amides is 1. The molecule has 1 amide bonds. The monoisotopic (exact) mass is 228 g/mol. The number of fused-ring (bicyclic) bond motifs is 1. The van der Waals surface area contributed by atoms with Crippen molar-refractivity contribution in [3.05, 3.63) is 0 Å². The number of ether oxygens (including phenoxy) is 1. The fourth-order valence-corrected chi connectivity index (χ4v) is 3.21. The molecule has 3 unspecified atom stereocenters. The zero-order chi connectivity index (χ0) is 12.0. The van der Waals surface area contributed by atoms with Crippen molar-refractivity contribution in [2.75, 3.05) is 13.7 Å². The molecule has 0 radical (unpaired) electrons. The van der Waals surface area contributed by atoms with Crippen LogP contribution in [-0.2, 0) is 14.4 Å². The maximum Gasteiger partial charge on any atom is 0.264 e. The van der Waals surface area contributed by atoms with E-state index in [1.807, 2.05) is 13.8 Å². The molecule has 0 bridgehead atoms. The molecule has 92 valence electrons. The average Bonchev–Trinajstić information content (AvgIpc) is 2.28. The van der Waals surface area contributed by atoms with Gasteiger partial charge >= 0.3 is 0 Å². The van der Waals surface area contributed by atoms with E-state index in [0.717, 1.165) is 19.4 Å². The Morgan fingerprint density at radius 1 is 1.56 bits per heavy atom. The average molecular weight is 228 g/mol. The van der Waals surface area contributed by atoms with Gasteiger partial charge in [0.2, 0.25) is 0 Å². The third-order valence-electron chi connectivity index (χ3n) is 4.26. The van der Waals surface area contributed by atoms with E-state index in [9.17, 15) is 4.79 Å².